The average molecular weight is 393 g/mol. The molecule has 3 aromatic heterocycles. The molecule has 0 aromatic carbocycles. The van der Waals surface area contributed by atoms with Gasteiger partial charge in [-0.15, -0.1) is 11.3 Å². The van der Waals surface area contributed by atoms with Crippen molar-refractivity contribution in [1.82, 2.24) is 20.1 Å². The highest BCUT2D eigenvalue weighted by molar-refractivity contribution is 7.12. The molecule has 144 valence electrons. The molecule has 0 aliphatic heterocycles. The van der Waals surface area contributed by atoms with Crippen LogP contribution in [0.15, 0.2) is 42.7 Å². The zero-order chi connectivity index (χ0) is 19.6. The summed E-state index contributed by atoms with van der Waals surface area (Å²) in [6.45, 7) is 4.19. The van der Waals surface area contributed by atoms with Crippen molar-refractivity contribution in [2.45, 2.75) is 51.3 Å². The third-order valence-corrected chi connectivity index (χ3v) is 5.73. The van der Waals surface area contributed by atoms with Crippen molar-refractivity contribution < 1.29 is 5.11 Å². The van der Waals surface area contributed by atoms with Crippen LogP contribution in [-0.4, -0.2) is 25.5 Å². The molecule has 5 nitrogen and oxygen atoms in total. The van der Waals surface area contributed by atoms with E-state index in [9.17, 15) is 5.11 Å². The number of nitrogens with zero attached hydrogens (tertiary/aromatic N) is 3. The second-order valence-corrected chi connectivity index (χ2v) is 8.72. The van der Waals surface area contributed by atoms with E-state index in [1.165, 1.54) is 16.1 Å². The van der Waals surface area contributed by atoms with Crippen LogP contribution in [0.4, 0.5) is 0 Å². The molecule has 1 atom stereocenters. The molecule has 1 aliphatic rings. The van der Waals surface area contributed by atoms with Crippen LogP contribution >= 0.6 is 11.3 Å². The summed E-state index contributed by atoms with van der Waals surface area (Å²) in [7, 11) is 0. The first-order valence-electron chi connectivity index (χ1n) is 9.55. The molecule has 6 heteroatoms. The Labute approximate surface area is 169 Å². The van der Waals surface area contributed by atoms with Crippen molar-refractivity contribution in [3.8, 4) is 17.7 Å². The monoisotopic (exact) mass is 392 g/mol. The van der Waals surface area contributed by atoms with E-state index in [4.69, 9.17) is 0 Å². The minimum Gasteiger partial charge on any atom is -0.378 e. The van der Waals surface area contributed by atoms with Crippen LogP contribution in [0.25, 0.3) is 5.82 Å². The Morgan fingerprint density at radius 2 is 2.21 bits per heavy atom. The predicted octanol–water partition coefficient (Wildman–Crippen LogP) is 3.62. The van der Waals surface area contributed by atoms with Crippen LogP contribution in [0, 0.1) is 11.8 Å². The largest absolute Gasteiger partial charge is 0.378 e. The Kier molecular flexibility index (Phi) is 5.31. The lowest BCUT2D eigenvalue weighted by Crippen LogP contribution is -2.24. The summed E-state index contributed by atoms with van der Waals surface area (Å²) in [6, 6.07) is 10.3. The van der Waals surface area contributed by atoms with Gasteiger partial charge in [-0.1, -0.05) is 17.9 Å². The lowest BCUT2D eigenvalue weighted by atomic mass is 9.93. The summed E-state index contributed by atoms with van der Waals surface area (Å²) < 4.78 is 1.97. The van der Waals surface area contributed by atoms with E-state index in [-0.39, 0.29) is 0 Å². The normalized spacial score (nSPS) is 16.3. The first-order chi connectivity index (χ1) is 13.5. The number of pyridine rings is 1. The summed E-state index contributed by atoms with van der Waals surface area (Å²) in [4.78, 5) is 6.65. The number of thiophene rings is 1. The predicted molar refractivity (Wildman–Crippen MR) is 111 cm³/mol. The van der Waals surface area contributed by atoms with Gasteiger partial charge in [-0.2, -0.15) is 5.10 Å². The maximum absolute atomic E-state index is 9.74. The molecule has 28 heavy (non-hydrogen) atoms. The molecule has 1 aliphatic carbocycles. The summed E-state index contributed by atoms with van der Waals surface area (Å²) in [5.74, 6) is 6.79. The second kappa shape index (κ2) is 7.88. The van der Waals surface area contributed by atoms with Crippen molar-refractivity contribution >= 4 is 11.3 Å². The highest BCUT2D eigenvalue weighted by Crippen LogP contribution is 2.31. The lowest BCUT2D eigenvalue weighted by molar-refractivity contribution is 0.143. The van der Waals surface area contributed by atoms with Crippen LogP contribution < -0.4 is 5.32 Å². The number of aromatic nitrogens is 3. The number of nitrogens with one attached hydrogen (secondary N) is 1. The Bertz CT molecular complexity index is 1000. The van der Waals surface area contributed by atoms with Gasteiger partial charge in [-0.25, -0.2) is 9.67 Å². The van der Waals surface area contributed by atoms with Gasteiger partial charge in [0.25, 0.3) is 0 Å². The molecule has 0 saturated heterocycles. The number of fused-ring (bicyclic) bond motifs is 1. The maximum atomic E-state index is 9.74. The van der Waals surface area contributed by atoms with Gasteiger partial charge in [0.1, 0.15) is 5.60 Å². The smallest absolute Gasteiger partial charge is 0.153 e. The van der Waals surface area contributed by atoms with Crippen molar-refractivity contribution in [2.24, 2.45) is 0 Å². The van der Waals surface area contributed by atoms with Gasteiger partial charge in [-0.05, 0) is 57.4 Å². The molecule has 0 amide bonds. The first-order valence-corrected chi connectivity index (χ1v) is 10.4. The number of hydrogen-bond donors (Lipinski definition) is 2. The average Bonchev–Trinajstić information content (AvgIpc) is 3.32. The molecule has 0 radical (unpaired) electrons. The van der Waals surface area contributed by atoms with Crippen molar-refractivity contribution in [3.05, 3.63) is 63.7 Å². The van der Waals surface area contributed by atoms with Gasteiger partial charge in [0.15, 0.2) is 5.82 Å². The van der Waals surface area contributed by atoms with Crippen molar-refractivity contribution in [2.75, 3.05) is 0 Å². The second-order valence-electron chi connectivity index (χ2n) is 7.55. The first kappa shape index (κ1) is 18.9. The van der Waals surface area contributed by atoms with Crippen LogP contribution in [0.5, 0.6) is 0 Å². The van der Waals surface area contributed by atoms with E-state index in [2.05, 4.69) is 33.3 Å². The molecular weight excluding hydrogens is 368 g/mol. The van der Waals surface area contributed by atoms with Crippen LogP contribution in [0.3, 0.4) is 0 Å². The third-order valence-electron chi connectivity index (χ3n) is 4.73. The van der Waals surface area contributed by atoms with Gasteiger partial charge in [0, 0.05) is 29.2 Å². The van der Waals surface area contributed by atoms with Gasteiger partial charge in [-0.3, -0.25) is 0 Å². The standard InChI is InChI=1S/C22H24N4OS/c1-22(2,27)12-11-16-9-10-17(28-16)14-24-19-6-5-7-20-18(19)15-25-26(20)21-8-3-4-13-23-21/h3-4,8-10,13,15,19,24,27H,5-7,14H2,1-2H3. The number of aliphatic hydroxyl groups is 1. The SMILES string of the molecule is CC(C)(O)C#Cc1ccc(CNC2CCCc3c2cnn3-c2ccccn2)s1. The molecule has 4 rings (SSSR count). The minimum absolute atomic E-state index is 0.300. The minimum atomic E-state index is -0.964. The quantitative estimate of drug-likeness (QED) is 0.666. The molecule has 0 saturated carbocycles. The van der Waals surface area contributed by atoms with Crippen molar-refractivity contribution in [3.63, 3.8) is 0 Å². The van der Waals surface area contributed by atoms with E-state index in [0.29, 0.717) is 6.04 Å². The lowest BCUT2D eigenvalue weighted by Gasteiger charge is -2.24. The summed E-state index contributed by atoms with van der Waals surface area (Å²) in [5, 5.41) is 18.0. The van der Waals surface area contributed by atoms with Crippen LogP contribution in [-0.2, 0) is 13.0 Å². The van der Waals surface area contributed by atoms with Crippen LogP contribution in [0.1, 0.15) is 53.7 Å². The van der Waals surface area contributed by atoms with E-state index in [1.807, 2.05) is 35.1 Å². The summed E-state index contributed by atoms with van der Waals surface area (Å²) in [6.07, 6.45) is 7.06. The molecule has 3 aromatic rings. The zero-order valence-electron chi connectivity index (χ0n) is 16.1. The Hall–Kier alpha value is -2.46. The Morgan fingerprint density at radius 1 is 1.32 bits per heavy atom. The van der Waals surface area contributed by atoms with E-state index >= 15 is 0 Å². The topological polar surface area (TPSA) is 63.0 Å². The highest BCUT2D eigenvalue weighted by atomic mass is 32.1. The fourth-order valence-corrected chi connectivity index (χ4v) is 4.24. The van der Waals surface area contributed by atoms with Gasteiger partial charge >= 0.3 is 0 Å². The Balaban J connectivity index is 1.46. The van der Waals surface area contributed by atoms with E-state index in [0.717, 1.165) is 36.5 Å². The summed E-state index contributed by atoms with van der Waals surface area (Å²) in [5.41, 5.74) is 1.56. The highest BCUT2D eigenvalue weighted by Gasteiger charge is 2.24. The molecule has 0 spiro atoms. The molecule has 0 bridgehead atoms. The molecule has 2 N–H and O–H groups in total. The van der Waals surface area contributed by atoms with E-state index in [1.54, 1.807) is 31.4 Å². The van der Waals surface area contributed by atoms with E-state index < -0.39 is 5.60 Å². The maximum Gasteiger partial charge on any atom is 0.153 e. The fourth-order valence-electron chi connectivity index (χ4n) is 3.42. The summed E-state index contributed by atoms with van der Waals surface area (Å²) >= 11 is 1.67. The molecule has 1 unspecified atom stereocenters. The zero-order valence-corrected chi connectivity index (χ0v) is 17.0. The molecular formula is C22H24N4OS. The van der Waals surface area contributed by atoms with Gasteiger partial charge in [0.05, 0.1) is 16.8 Å². The van der Waals surface area contributed by atoms with Crippen LogP contribution in [0.2, 0.25) is 0 Å². The number of rotatable bonds is 4. The van der Waals surface area contributed by atoms with Crippen molar-refractivity contribution in [1.29, 1.82) is 0 Å². The third kappa shape index (κ3) is 4.33. The molecule has 3 heterocycles. The van der Waals surface area contributed by atoms with Gasteiger partial charge in [0.2, 0.25) is 0 Å². The van der Waals surface area contributed by atoms with Gasteiger partial charge < -0.3 is 10.4 Å². The number of hydrogen-bond acceptors (Lipinski definition) is 5. The molecule has 0 fully saturated rings. The Morgan fingerprint density at radius 3 is 3.00 bits per heavy atom. The fraction of sp³-hybridized carbons (Fsp3) is 0.364.